The van der Waals surface area contributed by atoms with E-state index in [4.69, 9.17) is 9.47 Å². The zero-order chi connectivity index (χ0) is 16.6. The molecule has 0 unspecified atom stereocenters. The van der Waals surface area contributed by atoms with Crippen LogP contribution >= 0.6 is 0 Å². The van der Waals surface area contributed by atoms with E-state index in [1.165, 1.54) is 12.1 Å². The highest BCUT2D eigenvalue weighted by molar-refractivity contribution is 7.89. The number of hydrogen-bond acceptors (Lipinski definition) is 5. The van der Waals surface area contributed by atoms with Crippen LogP contribution in [0.1, 0.15) is 17.0 Å². The molecule has 0 bridgehead atoms. The molecule has 0 amide bonds. The molecular formula is C15H19N3O4S. The quantitative estimate of drug-likeness (QED) is 0.909. The minimum atomic E-state index is -3.64. The van der Waals surface area contributed by atoms with Crippen molar-refractivity contribution >= 4 is 10.0 Å². The Bertz CT molecular complexity index is 843. The maximum Gasteiger partial charge on any atom is 0.241 e. The van der Waals surface area contributed by atoms with Gasteiger partial charge in [-0.2, -0.15) is 5.10 Å². The number of fused-ring (bicyclic) bond motifs is 1. The van der Waals surface area contributed by atoms with Crippen LogP contribution in [0.3, 0.4) is 0 Å². The van der Waals surface area contributed by atoms with Crippen LogP contribution in [0, 0.1) is 13.8 Å². The first-order valence-electron chi connectivity index (χ1n) is 7.27. The molecule has 0 atom stereocenters. The van der Waals surface area contributed by atoms with Gasteiger partial charge >= 0.3 is 0 Å². The number of benzene rings is 1. The molecule has 3 rings (SSSR count). The molecule has 0 saturated carbocycles. The second-order valence-electron chi connectivity index (χ2n) is 5.40. The van der Waals surface area contributed by atoms with Crippen molar-refractivity contribution in [1.29, 1.82) is 0 Å². The van der Waals surface area contributed by atoms with Crippen molar-refractivity contribution in [2.45, 2.75) is 25.3 Å². The Morgan fingerprint density at radius 2 is 1.91 bits per heavy atom. The minimum absolute atomic E-state index is 0.154. The van der Waals surface area contributed by atoms with Crippen LogP contribution in [-0.2, 0) is 23.6 Å². The largest absolute Gasteiger partial charge is 0.486 e. The van der Waals surface area contributed by atoms with Gasteiger partial charge in [0.25, 0.3) is 0 Å². The SMILES string of the molecule is Cc1nn(C)c(C)c1CNS(=O)(=O)c1ccc2c(c1)OCCO2. The zero-order valence-electron chi connectivity index (χ0n) is 13.3. The summed E-state index contributed by atoms with van der Waals surface area (Å²) in [4.78, 5) is 0.154. The van der Waals surface area contributed by atoms with Gasteiger partial charge < -0.3 is 9.47 Å². The highest BCUT2D eigenvalue weighted by atomic mass is 32.2. The Morgan fingerprint density at radius 3 is 2.57 bits per heavy atom. The normalized spacial score (nSPS) is 14.0. The summed E-state index contributed by atoms with van der Waals surface area (Å²) in [5.41, 5.74) is 2.64. The lowest BCUT2D eigenvalue weighted by molar-refractivity contribution is 0.171. The summed E-state index contributed by atoms with van der Waals surface area (Å²) < 4.78 is 40.2. The minimum Gasteiger partial charge on any atom is -0.486 e. The average molecular weight is 337 g/mol. The van der Waals surface area contributed by atoms with Crippen LogP contribution in [0.4, 0.5) is 0 Å². The first-order chi connectivity index (χ1) is 10.9. The van der Waals surface area contributed by atoms with E-state index in [2.05, 4.69) is 9.82 Å². The molecule has 7 nitrogen and oxygen atoms in total. The molecule has 0 fully saturated rings. The fourth-order valence-electron chi connectivity index (χ4n) is 2.51. The molecule has 23 heavy (non-hydrogen) atoms. The van der Waals surface area contributed by atoms with Gasteiger partial charge in [-0.05, 0) is 26.0 Å². The lowest BCUT2D eigenvalue weighted by Gasteiger charge is -2.19. The molecule has 8 heteroatoms. The summed E-state index contributed by atoms with van der Waals surface area (Å²) in [6, 6.07) is 4.61. The average Bonchev–Trinajstić information content (AvgIpc) is 2.77. The second-order valence-corrected chi connectivity index (χ2v) is 7.17. The molecular weight excluding hydrogens is 318 g/mol. The molecule has 2 heterocycles. The third-order valence-corrected chi connectivity index (χ3v) is 5.32. The monoisotopic (exact) mass is 337 g/mol. The Hall–Kier alpha value is -2.06. The van der Waals surface area contributed by atoms with Crippen LogP contribution in [0.15, 0.2) is 23.1 Å². The van der Waals surface area contributed by atoms with Crippen molar-refractivity contribution in [3.63, 3.8) is 0 Å². The summed E-state index contributed by atoms with van der Waals surface area (Å²) in [5, 5.41) is 4.29. The summed E-state index contributed by atoms with van der Waals surface area (Å²) in [6.45, 7) is 4.85. The standard InChI is InChI=1S/C15H19N3O4S/c1-10-13(11(2)18(3)17-10)9-16-23(19,20)12-4-5-14-15(8-12)22-7-6-21-14/h4-5,8,16H,6-7,9H2,1-3H3. The van der Waals surface area contributed by atoms with E-state index in [1.807, 2.05) is 20.9 Å². The van der Waals surface area contributed by atoms with Crippen molar-refractivity contribution in [2.75, 3.05) is 13.2 Å². The van der Waals surface area contributed by atoms with E-state index in [0.29, 0.717) is 24.7 Å². The number of nitrogens with zero attached hydrogens (tertiary/aromatic N) is 2. The Labute approximate surface area is 135 Å². The van der Waals surface area contributed by atoms with E-state index < -0.39 is 10.0 Å². The van der Waals surface area contributed by atoms with Crippen molar-refractivity contribution in [2.24, 2.45) is 7.05 Å². The number of rotatable bonds is 4. The molecule has 0 saturated heterocycles. The number of aromatic nitrogens is 2. The molecule has 1 N–H and O–H groups in total. The summed E-state index contributed by atoms with van der Waals surface area (Å²) in [5.74, 6) is 1.02. The fraction of sp³-hybridized carbons (Fsp3) is 0.400. The Morgan fingerprint density at radius 1 is 1.22 bits per heavy atom. The number of aryl methyl sites for hydroxylation is 2. The molecule has 1 aromatic carbocycles. The second kappa shape index (κ2) is 5.86. The molecule has 0 spiro atoms. The van der Waals surface area contributed by atoms with Gasteiger partial charge in [-0.3, -0.25) is 4.68 Å². The molecule has 1 aromatic heterocycles. The molecule has 124 valence electrons. The highest BCUT2D eigenvalue weighted by Gasteiger charge is 2.20. The summed E-state index contributed by atoms with van der Waals surface area (Å²) in [7, 11) is -1.80. The van der Waals surface area contributed by atoms with Crippen molar-refractivity contribution in [3.05, 3.63) is 35.2 Å². The van der Waals surface area contributed by atoms with E-state index in [0.717, 1.165) is 17.0 Å². The molecule has 1 aliphatic heterocycles. The summed E-state index contributed by atoms with van der Waals surface area (Å²) >= 11 is 0. The van der Waals surface area contributed by atoms with E-state index in [-0.39, 0.29) is 11.4 Å². The van der Waals surface area contributed by atoms with Crippen LogP contribution < -0.4 is 14.2 Å². The van der Waals surface area contributed by atoms with Crippen molar-refractivity contribution in [3.8, 4) is 11.5 Å². The van der Waals surface area contributed by atoms with Gasteiger partial charge in [-0.1, -0.05) is 0 Å². The highest BCUT2D eigenvalue weighted by Crippen LogP contribution is 2.32. The third kappa shape index (κ3) is 3.04. The Kier molecular flexibility index (Phi) is 4.03. The predicted molar refractivity (Wildman–Crippen MR) is 84.1 cm³/mol. The van der Waals surface area contributed by atoms with Crippen molar-refractivity contribution in [1.82, 2.24) is 14.5 Å². The van der Waals surface area contributed by atoms with Gasteiger partial charge in [-0.25, -0.2) is 13.1 Å². The number of sulfonamides is 1. The fourth-order valence-corrected chi connectivity index (χ4v) is 3.53. The number of nitrogens with one attached hydrogen (secondary N) is 1. The van der Waals surface area contributed by atoms with E-state index in [9.17, 15) is 8.42 Å². The number of hydrogen-bond donors (Lipinski definition) is 1. The van der Waals surface area contributed by atoms with Crippen LogP contribution in [0.25, 0.3) is 0 Å². The first-order valence-corrected chi connectivity index (χ1v) is 8.75. The maximum atomic E-state index is 12.5. The smallest absolute Gasteiger partial charge is 0.241 e. The molecule has 2 aromatic rings. The van der Waals surface area contributed by atoms with Crippen LogP contribution in [0.2, 0.25) is 0 Å². The zero-order valence-corrected chi connectivity index (χ0v) is 14.1. The summed E-state index contributed by atoms with van der Waals surface area (Å²) in [6.07, 6.45) is 0. The lowest BCUT2D eigenvalue weighted by atomic mass is 10.2. The van der Waals surface area contributed by atoms with Crippen molar-refractivity contribution < 1.29 is 17.9 Å². The molecule has 0 aliphatic carbocycles. The van der Waals surface area contributed by atoms with Gasteiger partial charge in [0.2, 0.25) is 10.0 Å². The topological polar surface area (TPSA) is 82.5 Å². The van der Waals surface area contributed by atoms with E-state index >= 15 is 0 Å². The van der Waals surface area contributed by atoms with Crippen LogP contribution in [0.5, 0.6) is 11.5 Å². The maximum absolute atomic E-state index is 12.5. The van der Waals surface area contributed by atoms with Crippen LogP contribution in [-0.4, -0.2) is 31.4 Å². The van der Waals surface area contributed by atoms with Gasteiger partial charge in [0, 0.05) is 30.9 Å². The van der Waals surface area contributed by atoms with Gasteiger partial charge in [-0.15, -0.1) is 0 Å². The van der Waals surface area contributed by atoms with Gasteiger partial charge in [0.1, 0.15) is 13.2 Å². The first kappa shape index (κ1) is 15.8. The van der Waals surface area contributed by atoms with Gasteiger partial charge in [0.05, 0.1) is 10.6 Å². The molecule has 1 aliphatic rings. The van der Waals surface area contributed by atoms with E-state index in [1.54, 1.807) is 10.7 Å². The lowest BCUT2D eigenvalue weighted by Crippen LogP contribution is -2.24. The predicted octanol–water partition coefficient (Wildman–Crippen LogP) is 1.29. The Balaban J connectivity index is 1.82. The number of ether oxygens (including phenoxy) is 2. The molecule has 0 radical (unpaired) electrons. The van der Waals surface area contributed by atoms with Gasteiger partial charge in [0.15, 0.2) is 11.5 Å². The third-order valence-electron chi connectivity index (χ3n) is 3.92.